The number of pyridine rings is 1. The fraction of sp³-hybridized carbons (Fsp3) is 0.143. The molecule has 4 aromatic heterocycles. The molecule has 35 heavy (non-hydrogen) atoms. The first kappa shape index (κ1) is 21.6. The summed E-state index contributed by atoms with van der Waals surface area (Å²) in [5.41, 5.74) is 6.82. The van der Waals surface area contributed by atoms with Crippen molar-refractivity contribution in [2.45, 2.75) is 19.5 Å². The van der Waals surface area contributed by atoms with Gasteiger partial charge in [-0.25, -0.2) is 4.98 Å². The number of nitrogens with zero attached hydrogens (tertiary/aromatic N) is 3. The Bertz CT molecular complexity index is 1550. The zero-order valence-electron chi connectivity index (χ0n) is 19.2. The van der Waals surface area contributed by atoms with Gasteiger partial charge >= 0.3 is 0 Å². The van der Waals surface area contributed by atoms with Crippen molar-refractivity contribution in [2.24, 2.45) is 0 Å². The fourth-order valence-corrected chi connectivity index (χ4v) is 5.38. The van der Waals surface area contributed by atoms with Crippen LogP contribution in [0.25, 0.3) is 31.6 Å². The maximum absolute atomic E-state index is 4.62. The number of aromatic amines is 1. The van der Waals surface area contributed by atoms with Crippen molar-refractivity contribution in [3.63, 3.8) is 0 Å². The van der Waals surface area contributed by atoms with E-state index in [1.54, 1.807) is 11.3 Å². The van der Waals surface area contributed by atoms with Crippen molar-refractivity contribution in [3.8, 4) is 10.4 Å². The molecule has 0 aliphatic rings. The van der Waals surface area contributed by atoms with Crippen LogP contribution in [0.1, 0.15) is 12.0 Å². The van der Waals surface area contributed by atoms with E-state index in [0.29, 0.717) is 0 Å². The third-order valence-electron chi connectivity index (χ3n) is 6.14. The van der Waals surface area contributed by atoms with E-state index < -0.39 is 0 Å². The van der Waals surface area contributed by atoms with Crippen molar-refractivity contribution in [2.75, 3.05) is 11.9 Å². The number of rotatable bonds is 9. The molecule has 0 bridgehead atoms. The summed E-state index contributed by atoms with van der Waals surface area (Å²) < 4.78 is 3.28. The predicted octanol–water partition coefficient (Wildman–Crippen LogP) is 6.56. The number of fused-ring (bicyclic) bond motifs is 2. The Labute approximate surface area is 207 Å². The molecular weight excluding hydrogens is 452 g/mol. The number of imidazole rings is 1. The number of anilines is 2. The highest BCUT2D eigenvalue weighted by molar-refractivity contribution is 7.22. The molecule has 6 rings (SSSR count). The lowest BCUT2D eigenvalue weighted by Gasteiger charge is -2.07. The van der Waals surface area contributed by atoms with Crippen molar-refractivity contribution < 1.29 is 0 Å². The fourth-order valence-electron chi connectivity index (χ4n) is 4.29. The van der Waals surface area contributed by atoms with Crippen LogP contribution in [0.5, 0.6) is 0 Å². The van der Waals surface area contributed by atoms with Gasteiger partial charge in [-0.05, 0) is 60.5 Å². The normalized spacial score (nSPS) is 11.4. The van der Waals surface area contributed by atoms with Crippen LogP contribution < -0.4 is 10.6 Å². The first-order chi connectivity index (χ1) is 17.3. The monoisotopic (exact) mass is 478 g/mol. The van der Waals surface area contributed by atoms with Gasteiger partial charge in [0.15, 0.2) is 0 Å². The van der Waals surface area contributed by atoms with Crippen LogP contribution in [0.2, 0.25) is 0 Å². The summed E-state index contributed by atoms with van der Waals surface area (Å²) in [6.07, 6.45) is 10.6. The highest BCUT2D eigenvalue weighted by atomic mass is 32.1. The van der Waals surface area contributed by atoms with Gasteiger partial charge in [0.05, 0.1) is 22.2 Å². The van der Waals surface area contributed by atoms with E-state index in [9.17, 15) is 0 Å². The molecule has 0 unspecified atom stereocenters. The van der Waals surface area contributed by atoms with E-state index in [0.717, 1.165) is 48.5 Å². The Morgan fingerprint density at radius 3 is 2.80 bits per heavy atom. The highest BCUT2D eigenvalue weighted by Gasteiger charge is 2.10. The topological polar surface area (TPSA) is 70.6 Å². The van der Waals surface area contributed by atoms with Crippen molar-refractivity contribution >= 4 is 43.8 Å². The Morgan fingerprint density at radius 1 is 0.971 bits per heavy atom. The van der Waals surface area contributed by atoms with Gasteiger partial charge < -0.3 is 20.2 Å². The number of thiophene rings is 1. The highest BCUT2D eigenvalue weighted by Crippen LogP contribution is 2.37. The van der Waals surface area contributed by atoms with Crippen molar-refractivity contribution in [1.82, 2.24) is 24.8 Å². The van der Waals surface area contributed by atoms with Crippen LogP contribution in [0.4, 0.5) is 11.4 Å². The van der Waals surface area contributed by atoms with Gasteiger partial charge in [0, 0.05) is 59.3 Å². The van der Waals surface area contributed by atoms with Crippen molar-refractivity contribution in [1.29, 1.82) is 0 Å². The second kappa shape index (κ2) is 9.74. The molecule has 0 saturated carbocycles. The van der Waals surface area contributed by atoms with Crippen LogP contribution in [0.3, 0.4) is 0 Å². The molecular formula is C28H26N6S. The number of H-pyrrole nitrogens is 1. The minimum absolute atomic E-state index is 0.873. The number of hydrogen-bond donors (Lipinski definition) is 3. The van der Waals surface area contributed by atoms with Crippen LogP contribution in [-0.4, -0.2) is 26.1 Å². The Balaban J connectivity index is 1.12. The Morgan fingerprint density at radius 2 is 1.91 bits per heavy atom. The summed E-state index contributed by atoms with van der Waals surface area (Å²) in [6, 6.07) is 21.5. The molecule has 6 nitrogen and oxygen atoms in total. The SMILES string of the molecule is c1cn(CCCNCc2ccc(-c3cc4nccc(Nc5ccc6[nH]ccc6c5)c4s3)cc2)cn1. The average Bonchev–Trinajstić information content (AvgIpc) is 3.65. The first-order valence-corrected chi connectivity index (χ1v) is 12.6. The lowest BCUT2D eigenvalue weighted by Crippen LogP contribution is -2.16. The van der Waals surface area contributed by atoms with Crippen LogP contribution in [-0.2, 0) is 13.1 Å². The van der Waals surface area contributed by atoms with Gasteiger partial charge in [-0.1, -0.05) is 24.3 Å². The molecule has 0 saturated heterocycles. The summed E-state index contributed by atoms with van der Waals surface area (Å²) in [5, 5.41) is 8.32. The Hall–Kier alpha value is -3.94. The molecule has 0 amide bonds. The molecule has 2 aromatic carbocycles. The minimum atomic E-state index is 0.873. The predicted molar refractivity (Wildman–Crippen MR) is 145 cm³/mol. The van der Waals surface area contributed by atoms with Gasteiger partial charge in [-0.3, -0.25) is 4.98 Å². The minimum Gasteiger partial charge on any atom is -0.361 e. The van der Waals surface area contributed by atoms with Crippen LogP contribution in [0.15, 0.2) is 91.8 Å². The smallest absolute Gasteiger partial charge is 0.0945 e. The number of nitrogens with one attached hydrogen (secondary N) is 3. The summed E-state index contributed by atoms with van der Waals surface area (Å²) in [6.45, 7) is 2.84. The second-order valence-corrected chi connectivity index (χ2v) is 9.67. The number of benzene rings is 2. The number of aryl methyl sites for hydroxylation is 1. The van der Waals surface area contributed by atoms with Gasteiger partial charge in [-0.15, -0.1) is 11.3 Å². The largest absolute Gasteiger partial charge is 0.361 e. The third kappa shape index (κ3) is 4.82. The maximum atomic E-state index is 4.62. The number of hydrogen-bond acceptors (Lipinski definition) is 5. The summed E-state index contributed by atoms with van der Waals surface area (Å²) >= 11 is 1.78. The molecule has 0 aliphatic heterocycles. The van der Waals surface area contributed by atoms with E-state index in [1.165, 1.54) is 26.1 Å². The molecule has 0 spiro atoms. The van der Waals surface area contributed by atoms with Gasteiger partial charge in [0.25, 0.3) is 0 Å². The maximum Gasteiger partial charge on any atom is 0.0945 e. The Kier molecular flexibility index (Phi) is 6.00. The first-order valence-electron chi connectivity index (χ1n) is 11.8. The van der Waals surface area contributed by atoms with Gasteiger partial charge in [-0.2, -0.15) is 0 Å². The molecule has 3 N–H and O–H groups in total. The van der Waals surface area contributed by atoms with E-state index >= 15 is 0 Å². The zero-order valence-corrected chi connectivity index (χ0v) is 20.1. The van der Waals surface area contributed by atoms with E-state index in [-0.39, 0.29) is 0 Å². The third-order valence-corrected chi connectivity index (χ3v) is 7.35. The molecule has 6 aromatic rings. The molecule has 0 aliphatic carbocycles. The van der Waals surface area contributed by atoms with Crippen LogP contribution >= 0.6 is 11.3 Å². The van der Waals surface area contributed by atoms with Crippen LogP contribution in [0, 0.1) is 0 Å². The molecule has 4 heterocycles. The average molecular weight is 479 g/mol. The lowest BCUT2D eigenvalue weighted by atomic mass is 10.1. The molecule has 0 radical (unpaired) electrons. The second-order valence-electron chi connectivity index (χ2n) is 8.62. The molecule has 174 valence electrons. The lowest BCUT2D eigenvalue weighted by molar-refractivity contribution is 0.581. The zero-order chi connectivity index (χ0) is 23.5. The summed E-state index contributed by atoms with van der Waals surface area (Å²) in [4.78, 5) is 13.2. The summed E-state index contributed by atoms with van der Waals surface area (Å²) in [5.74, 6) is 0. The summed E-state index contributed by atoms with van der Waals surface area (Å²) in [7, 11) is 0. The van der Waals surface area contributed by atoms with Gasteiger partial charge in [0.1, 0.15) is 0 Å². The van der Waals surface area contributed by atoms with E-state index in [1.807, 2.05) is 37.2 Å². The number of aromatic nitrogens is 4. The van der Waals surface area contributed by atoms with Crippen molar-refractivity contribution in [3.05, 3.63) is 97.3 Å². The molecule has 7 heteroatoms. The quantitative estimate of drug-likeness (QED) is 0.206. The molecule has 0 atom stereocenters. The van der Waals surface area contributed by atoms with Gasteiger partial charge in [0.2, 0.25) is 0 Å². The van der Waals surface area contributed by atoms with E-state index in [4.69, 9.17) is 0 Å². The molecule has 0 fully saturated rings. The standard InChI is InChI=1S/C28H26N6S/c1(14-34-15-13-30-19-34)10-29-18-20-2-4-21(5-3-20)27-17-26-28(35-27)25(9-12-32-26)33-23-6-7-24-22(16-23)8-11-31-24/h2-9,11-13,15-17,19,29,31H,1,10,14,18H2,(H,32,33). The van der Waals surface area contributed by atoms with E-state index in [2.05, 4.69) is 84.7 Å².